The highest BCUT2D eigenvalue weighted by Crippen LogP contribution is 2.28. The Kier molecular flexibility index (Phi) is 4.60. The second kappa shape index (κ2) is 6.08. The minimum absolute atomic E-state index is 0.128. The number of carbonyl (C=O) groups is 1. The molecule has 0 saturated heterocycles. The molecule has 21 heavy (non-hydrogen) atoms. The molecule has 1 aromatic carbocycles. The molecule has 0 aliphatic carbocycles. The monoisotopic (exact) mass is 392 g/mol. The summed E-state index contributed by atoms with van der Waals surface area (Å²) in [5, 5.41) is 2.44. The van der Waals surface area contributed by atoms with E-state index < -0.39 is 20.8 Å². The van der Waals surface area contributed by atoms with Crippen LogP contribution in [0.3, 0.4) is 0 Å². The maximum atomic E-state index is 13.4. The Morgan fingerprint density at radius 1 is 1.33 bits per heavy atom. The molecule has 0 atom stereocenters. The van der Waals surface area contributed by atoms with E-state index in [0.29, 0.717) is 0 Å². The molecule has 1 aromatic heterocycles. The Balaban J connectivity index is 2.27. The largest absolute Gasteiger partial charge is 0.322 e. The SMILES string of the molecule is O=C(Nc1ccc(S(=O)(=O)Cl)c(Br)c1)c1ccncc1F. The summed E-state index contributed by atoms with van der Waals surface area (Å²) in [5.41, 5.74) is 0.113. The number of benzene rings is 1. The van der Waals surface area contributed by atoms with Gasteiger partial charge in [-0.05, 0) is 40.2 Å². The molecule has 0 unspecified atom stereocenters. The van der Waals surface area contributed by atoms with Crippen molar-refractivity contribution in [2.45, 2.75) is 4.90 Å². The smallest absolute Gasteiger partial charge is 0.262 e. The number of pyridine rings is 1. The van der Waals surface area contributed by atoms with E-state index in [4.69, 9.17) is 10.7 Å². The molecule has 0 radical (unpaired) electrons. The van der Waals surface area contributed by atoms with Gasteiger partial charge in [-0.15, -0.1) is 0 Å². The minimum Gasteiger partial charge on any atom is -0.322 e. The number of carbonyl (C=O) groups excluding carboxylic acids is 1. The number of halogens is 3. The van der Waals surface area contributed by atoms with E-state index in [2.05, 4.69) is 26.2 Å². The van der Waals surface area contributed by atoms with Crippen LogP contribution in [0.1, 0.15) is 10.4 Å². The predicted molar refractivity (Wildman–Crippen MR) is 79.3 cm³/mol. The van der Waals surface area contributed by atoms with Gasteiger partial charge in [0.1, 0.15) is 0 Å². The van der Waals surface area contributed by atoms with Crippen molar-refractivity contribution in [3.05, 3.63) is 52.5 Å². The molecule has 0 aliphatic heterocycles. The second-order valence-electron chi connectivity index (χ2n) is 3.89. The first-order valence-electron chi connectivity index (χ1n) is 5.44. The first kappa shape index (κ1) is 15.9. The van der Waals surface area contributed by atoms with Crippen LogP contribution in [0.4, 0.5) is 10.1 Å². The van der Waals surface area contributed by atoms with Crippen LogP contribution >= 0.6 is 26.6 Å². The van der Waals surface area contributed by atoms with Crippen LogP contribution in [0.2, 0.25) is 0 Å². The molecule has 1 amide bonds. The summed E-state index contributed by atoms with van der Waals surface area (Å²) in [7, 11) is 1.34. The fraction of sp³-hybridized carbons (Fsp3) is 0. The predicted octanol–water partition coefficient (Wildman–Crippen LogP) is 3.16. The Morgan fingerprint density at radius 3 is 2.62 bits per heavy atom. The number of aromatic nitrogens is 1. The van der Waals surface area contributed by atoms with Crippen LogP contribution in [0.15, 0.2) is 46.0 Å². The first-order valence-corrected chi connectivity index (χ1v) is 8.54. The van der Waals surface area contributed by atoms with E-state index in [0.717, 1.165) is 6.20 Å². The van der Waals surface area contributed by atoms with E-state index in [1.807, 2.05) is 0 Å². The Morgan fingerprint density at radius 2 is 2.05 bits per heavy atom. The molecular weight excluding hydrogens is 387 g/mol. The van der Waals surface area contributed by atoms with Gasteiger partial charge in [-0.3, -0.25) is 9.78 Å². The lowest BCUT2D eigenvalue weighted by Crippen LogP contribution is -2.14. The van der Waals surface area contributed by atoms with Gasteiger partial charge in [0, 0.05) is 27.0 Å². The third kappa shape index (κ3) is 3.78. The molecule has 0 spiro atoms. The van der Waals surface area contributed by atoms with Crippen molar-refractivity contribution in [2.24, 2.45) is 0 Å². The number of anilines is 1. The third-order valence-electron chi connectivity index (χ3n) is 2.47. The van der Waals surface area contributed by atoms with E-state index in [1.54, 1.807) is 0 Å². The highest BCUT2D eigenvalue weighted by molar-refractivity contribution is 9.10. The molecule has 2 aromatic rings. The lowest BCUT2D eigenvalue weighted by Gasteiger charge is -2.08. The number of nitrogens with zero attached hydrogens (tertiary/aromatic N) is 1. The molecule has 5 nitrogen and oxygen atoms in total. The highest BCUT2D eigenvalue weighted by Gasteiger charge is 2.16. The molecule has 1 N–H and O–H groups in total. The van der Waals surface area contributed by atoms with Gasteiger partial charge in [0.25, 0.3) is 15.0 Å². The number of hydrogen-bond acceptors (Lipinski definition) is 4. The van der Waals surface area contributed by atoms with Crippen LogP contribution < -0.4 is 5.32 Å². The fourth-order valence-electron chi connectivity index (χ4n) is 1.53. The summed E-state index contributed by atoms with van der Waals surface area (Å²) in [5.74, 6) is -1.43. The van der Waals surface area contributed by atoms with Gasteiger partial charge in [0.2, 0.25) is 0 Å². The van der Waals surface area contributed by atoms with Crippen LogP contribution in [-0.4, -0.2) is 19.3 Å². The zero-order valence-electron chi connectivity index (χ0n) is 10.2. The van der Waals surface area contributed by atoms with Gasteiger partial charge in [-0.25, -0.2) is 12.8 Å². The van der Waals surface area contributed by atoms with Crippen molar-refractivity contribution < 1.29 is 17.6 Å². The van der Waals surface area contributed by atoms with Crippen LogP contribution in [-0.2, 0) is 9.05 Å². The van der Waals surface area contributed by atoms with Gasteiger partial charge in [0.15, 0.2) is 5.82 Å². The summed E-state index contributed by atoms with van der Waals surface area (Å²) < 4.78 is 36.1. The summed E-state index contributed by atoms with van der Waals surface area (Å²) in [6.45, 7) is 0. The quantitative estimate of drug-likeness (QED) is 0.813. The van der Waals surface area contributed by atoms with Crippen LogP contribution in [0.25, 0.3) is 0 Å². The van der Waals surface area contributed by atoms with Gasteiger partial charge < -0.3 is 5.32 Å². The summed E-state index contributed by atoms with van der Waals surface area (Å²) in [6, 6.07) is 5.16. The fourth-order valence-corrected chi connectivity index (χ4v) is 3.76. The number of nitrogens with one attached hydrogen (secondary N) is 1. The van der Waals surface area contributed by atoms with Crippen LogP contribution in [0, 0.1) is 5.82 Å². The lowest BCUT2D eigenvalue weighted by molar-refractivity contribution is 0.102. The summed E-state index contributed by atoms with van der Waals surface area (Å²) >= 11 is 3.04. The first-order chi connectivity index (χ1) is 9.79. The standard InChI is InChI=1S/C12H7BrClFN2O3S/c13-9-5-7(1-2-11(9)21(14,19)20)17-12(18)8-3-4-16-6-10(8)15/h1-6H,(H,17,18). The third-order valence-corrected chi connectivity index (χ3v) is 4.77. The number of rotatable bonds is 3. The Bertz CT molecular complexity index is 814. The number of amides is 1. The molecule has 0 fully saturated rings. The average Bonchev–Trinajstić information content (AvgIpc) is 2.37. The molecule has 110 valence electrons. The van der Waals surface area contributed by atoms with E-state index in [9.17, 15) is 17.6 Å². The molecule has 2 rings (SSSR count). The average molecular weight is 394 g/mol. The van der Waals surface area contributed by atoms with Crippen molar-refractivity contribution >= 4 is 47.3 Å². The van der Waals surface area contributed by atoms with Crippen molar-refractivity contribution in [3.8, 4) is 0 Å². The van der Waals surface area contributed by atoms with E-state index in [1.165, 1.54) is 30.5 Å². The maximum Gasteiger partial charge on any atom is 0.262 e. The zero-order valence-corrected chi connectivity index (χ0v) is 13.3. The molecule has 0 saturated carbocycles. The van der Waals surface area contributed by atoms with Crippen molar-refractivity contribution in [1.82, 2.24) is 4.98 Å². The molecule has 0 bridgehead atoms. The highest BCUT2D eigenvalue weighted by atomic mass is 79.9. The lowest BCUT2D eigenvalue weighted by atomic mass is 10.2. The van der Waals surface area contributed by atoms with Gasteiger partial charge in [0.05, 0.1) is 16.7 Å². The molecule has 0 aliphatic rings. The van der Waals surface area contributed by atoms with Crippen molar-refractivity contribution in [2.75, 3.05) is 5.32 Å². The maximum absolute atomic E-state index is 13.4. The van der Waals surface area contributed by atoms with Crippen molar-refractivity contribution in [3.63, 3.8) is 0 Å². The summed E-state index contributed by atoms with van der Waals surface area (Å²) in [6.07, 6.45) is 2.21. The van der Waals surface area contributed by atoms with Crippen LogP contribution in [0.5, 0.6) is 0 Å². The van der Waals surface area contributed by atoms with E-state index in [-0.39, 0.29) is 20.6 Å². The van der Waals surface area contributed by atoms with Crippen molar-refractivity contribution in [1.29, 1.82) is 0 Å². The zero-order chi connectivity index (χ0) is 15.6. The summed E-state index contributed by atoms with van der Waals surface area (Å²) in [4.78, 5) is 15.3. The Labute approximate surface area is 132 Å². The van der Waals surface area contributed by atoms with E-state index >= 15 is 0 Å². The second-order valence-corrected chi connectivity index (χ2v) is 7.28. The number of hydrogen-bond donors (Lipinski definition) is 1. The minimum atomic E-state index is -3.89. The van der Waals surface area contributed by atoms with Gasteiger partial charge in [-0.1, -0.05) is 0 Å². The molecule has 1 heterocycles. The molecule has 9 heteroatoms. The van der Waals surface area contributed by atoms with Gasteiger partial charge >= 0.3 is 0 Å². The topological polar surface area (TPSA) is 76.1 Å². The van der Waals surface area contributed by atoms with Gasteiger partial charge in [-0.2, -0.15) is 0 Å². The Hall–Kier alpha value is -1.51. The molecular formula is C12H7BrClFN2O3S. The normalized spacial score (nSPS) is 11.2.